The van der Waals surface area contributed by atoms with Crippen molar-refractivity contribution in [2.24, 2.45) is 0 Å². The van der Waals surface area contributed by atoms with Gasteiger partial charge in [0.25, 0.3) is 0 Å². The maximum Gasteiger partial charge on any atom is 0.226 e. The average Bonchev–Trinajstić information content (AvgIpc) is 2.96. The van der Waals surface area contributed by atoms with E-state index in [2.05, 4.69) is 0 Å². The minimum Gasteiger partial charge on any atom is -0.347 e. The Balaban J connectivity index is 1.57. The van der Waals surface area contributed by atoms with Gasteiger partial charge in [-0.05, 0) is 17.7 Å². The maximum absolute atomic E-state index is 12.4. The number of hydrogen-bond donors (Lipinski definition) is 0. The highest BCUT2D eigenvalue weighted by atomic mass is 32.2. The van der Waals surface area contributed by atoms with E-state index in [1.54, 1.807) is 24.3 Å². The number of carbonyl (C=O) groups excluding carboxylic acids is 1. The molecule has 0 atom stereocenters. The fraction of sp³-hybridized carbons (Fsp3) is 0.562. The molecule has 6 nitrogen and oxygen atoms in total. The lowest BCUT2D eigenvalue weighted by Crippen LogP contribution is -2.47. The second-order valence-electron chi connectivity index (χ2n) is 6.08. The Bertz CT molecular complexity index is 667. The van der Waals surface area contributed by atoms with E-state index in [-0.39, 0.29) is 17.2 Å². The van der Waals surface area contributed by atoms with Gasteiger partial charge < -0.3 is 14.4 Å². The quantitative estimate of drug-likeness (QED) is 0.821. The molecule has 1 aromatic rings. The summed E-state index contributed by atoms with van der Waals surface area (Å²) in [6.07, 6.45) is 2.85. The van der Waals surface area contributed by atoms with Crippen LogP contribution in [0.5, 0.6) is 0 Å². The lowest BCUT2D eigenvalue weighted by molar-refractivity contribution is -0.187. The highest BCUT2D eigenvalue weighted by Crippen LogP contribution is 2.31. The third-order valence-corrected chi connectivity index (χ3v) is 5.53. The van der Waals surface area contributed by atoms with E-state index in [9.17, 15) is 13.2 Å². The highest BCUT2D eigenvalue weighted by Gasteiger charge is 2.40. The largest absolute Gasteiger partial charge is 0.347 e. The van der Waals surface area contributed by atoms with Crippen LogP contribution in [0.1, 0.15) is 18.4 Å². The molecular weight excluding hydrogens is 318 g/mol. The van der Waals surface area contributed by atoms with Crippen LogP contribution in [-0.4, -0.2) is 57.6 Å². The topological polar surface area (TPSA) is 72.9 Å². The summed E-state index contributed by atoms with van der Waals surface area (Å²) < 4.78 is 34.2. The smallest absolute Gasteiger partial charge is 0.226 e. The molecule has 0 N–H and O–H groups in total. The Morgan fingerprint density at radius 3 is 2.22 bits per heavy atom. The fourth-order valence-corrected chi connectivity index (χ4v) is 3.65. The molecule has 1 amide bonds. The lowest BCUT2D eigenvalue weighted by atomic mass is 10.0. The van der Waals surface area contributed by atoms with Crippen molar-refractivity contribution in [3.63, 3.8) is 0 Å². The van der Waals surface area contributed by atoms with Gasteiger partial charge in [0.05, 0.1) is 24.5 Å². The summed E-state index contributed by atoms with van der Waals surface area (Å²) in [6, 6.07) is 6.48. The molecule has 7 heteroatoms. The van der Waals surface area contributed by atoms with E-state index >= 15 is 0 Å². The van der Waals surface area contributed by atoms with Gasteiger partial charge in [-0.1, -0.05) is 12.1 Å². The molecule has 0 saturated carbocycles. The van der Waals surface area contributed by atoms with Crippen LogP contribution in [0, 0.1) is 0 Å². The number of amides is 1. The Morgan fingerprint density at radius 1 is 1.13 bits per heavy atom. The highest BCUT2D eigenvalue weighted by molar-refractivity contribution is 7.90. The number of rotatable bonds is 3. The predicted octanol–water partition coefficient (Wildman–Crippen LogP) is 0.998. The molecule has 0 unspecified atom stereocenters. The van der Waals surface area contributed by atoms with Gasteiger partial charge in [0, 0.05) is 32.2 Å². The number of carbonyl (C=O) groups is 1. The third kappa shape index (κ3) is 3.73. The monoisotopic (exact) mass is 339 g/mol. The number of ether oxygens (including phenoxy) is 2. The van der Waals surface area contributed by atoms with Gasteiger partial charge in [0.15, 0.2) is 15.6 Å². The van der Waals surface area contributed by atoms with Crippen LogP contribution in [0.2, 0.25) is 0 Å². The van der Waals surface area contributed by atoms with E-state index < -0.39 is 15.6 Å². The summed E-state index contributed by atoms with van der Waals surface area (Å²) >= 11 is 0. The zero-order valence-corrected chi connectivity index (χ0v) is 14.0. The SMILES string of the molecule is CS(=O)(=O)c1ccc(CC(=O)N2CCC3(CC2)OCCO3)cc1. The van der Waals surface area contributed by atoms with Gasteiger partial charge in [-0.25, -0.2) is 8.42 Å². The van der Waals surface area contributed by atoms with Gasteiger partial charge >= 0.3 is 0 Å². The summed E-state index contributed by atoms with van der Waals surface area (Å²) in [5.41, 5.74) is 0.816. The third-order valence-electron chi connectivity index (χ3n) is 4.40. The van der Waals surface area contributed by atoms with Crippen molar-refractivity contribution >= 4 is 15.7 Å². The number of hydrogen-bond acceptors (Lipinski definition) is 5. The molecule has 1 aromatic carbocycles. The molecule has 2 aliphatic rings. The molecule has 0 bridgehead atoms. The molecule has 0 radical (unpaired) electrons. The van der Waals surface area contributed by atoms with Crippen LogP contribution in [0.4, 0.5) is 0 Å². The maximum atomic E-state index is 12.4. The molecule has 2 fully saturated rings. The van der Waals surface area contributed by atoms with Crippen molar-refractivity contribution in [3.05, 3.63) is 29.8 Å². The van der Waals surface area contributed by atoms with Crippen molar-refractivity contribution in [2.75, 3.05) is 32.6 Å². The first kappa shape index (κ1) is 16.4. The minimum atomic E-state index is -3.20. The van der Waals surface area contributed by atoms with Gasteiger partial charge in [-0.3, -0.25) is 4.79 Å². The first-order valence-electron chi connectivity index (χ1n) is 7.73. The Labute approximate surface area is 136 Å². The molecule has 2 aliphatic heterocycles. The van der Waals surface area contributed by atoms with Crippen molar-refractivity contribution in [1.82, 2.24) is 4.90 Å². The summed E-state index contributed by atoms with van der Waals surface area (Å²) in [7, 11) is -3.20. The van der Waals surface area contributed by atoms with Crippen LogP contribution < -0.4 is 0 Å². The van der Waals surface area contributed by atoms with Crippen LogP contribution in [0.25, 0.3) is 0 Å². The molecule has 23 heavy (non-hydrogen) atoms. The van der Waals surface area contributed by atoms with Gasteiger partial charge in [-0.15, -0.1) is 0 Å². The van der Waals surface area contributed by atoms with Gasteiger partial charge in [0.1, 0.15) is 0 Å². The fourth-order valence-electron chi connectivity index (χ4n) is 3.02. The summed E-state index contributed by atoms with van der Waals surface area (Å²) in [5.74, 6) is -0.432. The molecule has 1 spiro atoms. The van der Waals surface area contributed by atoms with E-state index in [4.69, 9.17) is 9.47 Å². The van der Waals surface area contributed by atoms with E-state index in [0.717, 1.165) is 5.56 Å². The number of benzene rings is 1. The van der Waals surface area contributed by atoms with Crippen molar-refractivity contribution in [1.29, 1.82) is 0 Å². The normalized spacial score (nSPS) is 20.8. The number of sulfone groups is 1. The first-order chi connectivity index (χ1) is 10.9. The van der Waals surface area contributed by atoms with Crippen LogP contribution in [-0.2, 0) is 30.5 Å². The van der Waals surface area contributed by atoms with Gasteiger partial charge in [0.2, 0.25) is 5.91 Å². The molecule has 0 aliphatic carbocycles. The Kier molecular flexibility index (Phi) is 4.44. The minimum absolute atomic E-state index is 0.0463. The first-order valence-corrected chi connectivity index (χ1v) is 9.62. The van der Waals surface area contributed by atoms with E-state index in [0.29, 0.717) is 39.1 Å². The Morgan fingerprint density at radius 2 is 1.70 bits per heavy atom. The second-order valence-corrected chi connectivity index (χ2v) is 8.10. The Hall–Kier alpha value is -1.44. The average molecular weight is 339 g/mol. The van der Waals surface area contributed by atoms with Crippen LogP contribution in [0.15, 0.2) is 29.2 Å². The van der Waals surface area contributed by atoms with Crippen LogP contribution >= 0.6 is 0 Å². The number of piperidine rings is 1. The lowest BCUT2D eigenvalue weighted by Gasteiger charge is -2.37. The summed E-state index contributed by atoms with van der Waals surface area (Å²) in [4.78, 5) is 14.5. The van der Waals surface area contributed by atoms with E-state index in [1.807, 2.05) is 4.90 Å². The standard InChI is InChI=1S/C16H21NO5S/c1-23(19,20)14-4-2-13(3-5-14)12-15(18)17-8-6-16(7-9-17)21-10-11-22-16/h2-5H,6-12H2,1H3. The zero-order chi connectivity index (χ0) is 16.5. The van der Waals surface area contributed by atoms with E-state index in [1.165, 1.54) is 6.26 Å². The molecule has 0 aromatic heterocycles. The van der Waals surface area contributed by atoms with Crippen molar-refractivity contribution in [2.45, 2.75) is 29.9 Å². The zero-order valence-electron chi connectivity index (χ0n) is 13.2. The molecule has 126 valence electrons. The molecule has 2 heterocycles. The predicted molar refractivity (Wildman–Crippen MR) is 83.7 cm³/mol. The molecule has 2 saturated heterocycles. The van der Waals surface area contributed by atoms with Crippen LogP contribution in [0.3, 0.4) is 0 Å². The van der Waals surface area contributed by atoms with Crippen molar-refractivity contribution in [3.8, 4) is 0 Å². The van der Waals surface area contributed by atoms with Gasteiger partial charge in [-0.2, -0.15) is 0 Å². The number of nitrogens with zero attached hydrogens (tertiary/aromatic N) is 1. The van der Waals surface area contributed by atoms with Crippen molar-refractivity contribution < 1.29 is 22.7 Å². The summed E-state index contributed by atoms with van der Waals surface area (Å²) in [5, 5.41) is 0. The molecular formula is C16H21NO5S. The summed E-state index contributed by atoms with van der Waals surface area (Å²) in [6.45, 7) is 2.50. The molecule has 3 rings (SSSR count). The second kappa shape index (κ2) is 6.22. The number of likely N-dealkylation sites (tertiary alicyclic amines) is 1.